The molecule has 0 unspecified atom stereocenters. The van der Waals surface area contributed by atoms with Crippen LogP contribution < -0.4 is 14.2 Å². The fourth-order valence-corrected chi connectivity index (χ4v) is 4.98. The van der Waals surface area contributed by atoms with Crippen LogP contribution in [0, 0.1) is 5.41 Å². The molecular formula is C34H38Cl3NO10. The Balaban J connectivity index is 1.65. The van der Waals surface area contributed by atoms with Crippen LogP contribution >= 0.6 is 34.8 Å². The van der Waals surface area contributed by atoms with Crippen molar-refractivity contribution in [1.29, 1.82) is 5.41 Å². The Bertz CT molecular complexity index is 1450. The maximum atomic E-state index is 12.4. The standard InChI is InChI=1S/C34H38Cl3NO10/c1-21(39)46-31-30(45-19-24-9-15-27(42-4)16-10-24)29(44-18-23-7-13-26(41-3)14-8-23)28(47-32(31)48-33(38)34(35,36)37)20-43-17-22-5-11-25(40-2)12-6-22/h5-16,28-32,38H,17-20H2,1-4H3/t28-,29-,30+,31-,32-/m1/s1. The molecule has 1 N–H and O–H groups in total. The van der Waals surface area contributed by atoms with Gasteiger partial charge in [-0.3, -0.25) is 10.2 Å². The van der Waals surface area contributed by atoms with Crippen LogP contribution in [-0.4, -0.2) is 74.3 Å². The number of hydrogen-bond acceptors (Lipinski definition) is 11. The number of esters is 1. The first kappa shape index (κ1) is 37.5. The van der Waals surface area contributed by atoms with Gasteiger partial charge in [-0.05, 0) is 53.1 Å². The number of carbonyl (C=O) groups is 1. The highest BCUT2D eigenvalue weighted by Gasteiger charge is 2.52. The van der Waals surface area contributed by atoms with Gasteiger partial charge in [0.05, 0.1) is 47.8 Å². The molecule has 5 atom stereocenters. The zero-order chi connectivity index (χ0) is 34.7. The third kappa shape index (κ3) is 10.9. The van der Waals surface area contributed by atoms with Crippen LogP contribution in [0.2, 0.25) is 0 Å². The number of halogens is 3. The first-order chi connectivity index (χ1) is 23.0. The van der Waals surface area contributed by atoms with E-state index in [0.29, 0.717) is 17.2 Å². The Morgan fingerprint density at radius 1 is 0.688 bits per heavy atom. The highest BCUT2D eigenvalue weighted by atomic mass is 35.6. The summed E-state index contributed by atoms with van der Waals surface area (Å²) in [6.45, 7) is 1.68. The molecule has 1 heterocycles. The van der Waals surface area contributed by atoms with Gasteiger partial charge in [0.15, 0.2) is 6.10 Å². The molecule has 3 aromatic rings. The lowest BCUT2D eigenvalue weighted by Crippen LogP contribution is -2.62. The summed E-state index contributed by atoms with van der Waals surface area (Å²) in [6.07, 6.45) is -5.39. The molecule has 4 rings (SSSR count). The number of rotatable bonds is 15. The first-order valence-corrected chi connectivity index (χ1v) is 16.0. The molecule has 1 saturated heterocycles. The minimum Gasteiger partial charge on any atom is -0.497 e. The molecule has 0 aliphatic carbocycles. The van der Waals surface area contributed by atoms with E-state index >= 15 is 0 Å². The summed E-state index contributed by atoms with van der Waals surface area (Å²) in [5.74, 6) is 0.691. The van der Waals surface area contributed by atoms with Gasteiger partial charge in [-0.25, -0.2) is 0 Å². The molecule has 0 aromatic heterocycles. The van der Waals surface area contributed by atoms with Crippen LogP contribution in [0.1, 0.15) is 23.6 Å². The highest BCUT2D eigenvalue weighted by Crippen LogP contribution is 2.34. The van der Waals surface area contributed by atoms with Crippen molar-refractivity contribution in [2.45, 2.75) is 61.2 Å². The number of alkyl halides is 3. The van der Waals surface area contributed by atoms with Gasteiger partial charge in [-0.2, -0.15) is 0 Å². The van der Waals surface area contributed by atoms with E-state index in [1.807, 2.05) is 60.7 Å². The number of methoxy groups -OCH3 is 3. The Morgan fingerprint density at radius 3 is 1.54 bits per heavy atom. The summed E-state index contributed by atoms with van der Waals surface area (Å²) in [5, 5.41) is 8.24. The molecule has 0 bridgehead atoms. The second-order valence-electron chi connectivity index (χ2n) is 10.7. The minimum atomic E-state index is -2.22. The Labute approximate surface area is 294 Å². The summed E-state index contributed by atoms with van der Waals surface area (Å²) in [5.41, 5.74) is 2.53. The fourth-order valence-electron chi connectivity index (χ4n) is 4.84. The van der Waals surface area contributed by atoms with Gasteiger partial charge >= 0.3 is 5.97 Å². The van der Waals surface area contributed by atoms with Gasteiger partial charge in [0, 0.05) is 6.92 Å². The van der Waals surface area contributed by atoms with Crippen molar-refractivity contribution < 1.29 is 47.4 Å². The average Bonchev–Trinajstić information content (AvgIpc) is 3.08. The number of nitrogens with one attached hydrogen (secondary N) is 1. The van der Waals surface area contributed by atoms with Crippen LogP contribution in [0.3, 0.4) is 0 Å². The van der Waals surface area contributed by atoms with Crippen LogP contribution in [0.25, 0.3) is 0 Å². The Hall–Kier alpha value is -3.29. The van der Waals surface area contributed by atoms with E-state index in [1.54, 1.807) is 33.5 Å². The third-order valence-corrected chi connectivity index (χ3v) is 7.81. The summed E-state index contributed by atoms with van der Waals surface area (Å²) >= 11 is 17.8. The molecule has 0 saturated carbocycles. The molecule has 3 aromatic carbocycles. The Kier molecular flexibility index (Phi) is 14.0. The quantitative estimate of drug-likeness (QED) is 0.0812. The topological polar surface area (TPSA) is 124 Å². The molecular weight excluding hydrogens is 689 g/mol. The molecule has 1 aliphatic rings. The molecule has 0 radical (unpaired) electrons. The van der Waals surface area contributed by atoms with E-state index < -0.39 is 46.4 Å². The van der Waals surface area contributed by atoms with Crippen LogP contribution in [0.4, 0.5) is 0 Å². The molecule has 48 heavy (non-hydrogen) atoms. The van der Waals surface area contributed by atoms with Crippen molar-refractivity contribution in [2.75, 3.05) is 27.9 Å². The smallest absolute Gasteiger partial charge is 0.303 e. The van der Waals surface area contributed by atoms with Crippen molar-refractivity contribution in [2.24, 2.45) is 0 Å². The number of carbonyl (C=O) groups excluding carboxylic acids is 1. The van der Waals surface area contributed by atoms with Gasteiger partial charge in [-0.1, -0.05) is 71.2 Å². The summed E-state index contributed by atoms with van der Waals surface area (Å²) < 4.78 is 50.3. The monoisotopic (exact) mass is 725 g/mol. The van der Waals surface area contributed by atoms with Gasteiger partial charge < -0.3 is 42.6 Å². The van der Waals surface area contributed by atoms with E-state index in [4.69, 9.17) is 82.8 Å². The van der Waals surface area contributed by atoms with E-state index in [1.165, 1.54) is 6.92 Å². The van der Waals surface area contributed by atoms with Crippen LogP contribution in [0.15, 0.2) is 72.8 Å². The highest BCUT2D eigenvalue weighted by molar-refractivity contribution is 6.76. The lowest BCUT2D eigenvalue weighted by atomic mass is 9.98. The van der Waals surface area contributed by atoms with Gasteiger partial charge in [-0.15, -0.1) is 0 Å². The number of benzene rings is 3. The zero-order valence-electron chi connectivity index (χ0n) is 26.9. The van der Waals surface area contributed by atoms with E-state index in [9.17, 15) is 4.79 Å². The molecule has 1 aliphatic heterocycles. The number of hydrogen-bond donors (Lipinski definition) is 1. The number of ether oxygens (including phenoxy) is 9. The second kappa shape index (κ2) is 17.9. The van der Waals surface area contributed by atoms with E-state index in [2.05, 4.69) is 0 Å². The predicted molar refractivity (Wildman–Crippen MR) is 179 cm³/mol. The van der Waals surface area contributed by atoms with Crippen molar-refractivity contribution in [1.82, 2.24) is 0 Å². The van der Waals surface area contributed by atoms with Crippen LogP contribution in [-0.2, 0) is 53.0 Å². The van der Waals surface area contributed by atoms with Crippen molar-refractivity contribution in [3.8, 4) is 17.2 Å². The largest absolute Gasteiger partial charge is 0.497 e. The van der Waals surface area contributed by atoms with E-state index in [-0.39, 0.29) is 26.4 Å². The minimum absolute atomic E-state index is 0.00451. The molecule has 0 spiro atoms. The van der Waals surface area contributed by atoms with E-state index in [0.717, 1.165) is 16.7 Å². The lowest BCUT2D eigenvalue weighted by molar-refractivity contribution is -0.305. The average molecular weight is 727 g/mol. The lowest BCUT2D eigenvalue weighted by Gasteiger charge is -2.45. The van der Waals surface area contributed by atoms with Crippen molar-refractivity contribution in [3.63, 3.8) is 0 Å². The van der Waals surface area contributed by atoms with Crippen LogP contribution in [0.5, 0.6) is 17.2 Å². The molecule has 0 amide bonds. The maximum Gasteiger partial charge on any atom is 0.303 e. The summed E-state index contributed by atoms with van der Waals surface area (Å²) in [7, 11) is 4.76. The summed E-state index contributed by atoms with van der Waals surface area (Å²) in [6, 6.07) is 22.1. The van der Waals surface area contributed by atoms with Gasteiger partial charge in [0.1, 0.15) is 35.6 Å². The normalized spacial score (nSPS) is 20.9. The molecule has 260 valence electrons. The third-order valence-electron chi connectivity index (χ3n) is 7.30. The Morgan fingerprint density at radius 2 is 1.12 bits per heavy atom. The molecule has 11 nitrogen and oxygen atoms in total. The molecule has 1 fully saturated rings. The van der Waals surface area contributed by atoms with Crippen molar-refractivity contribution >= 4 is 46.7 Å². The second-order valence-corrected chi connectivity index (χ2v) is 13.0. The SMILES string of the molecule is COc1ccc(COC[C@H]2O[C@H](OC(=N)C(Cl)(Cl)Cl)[C@H](OC(C)=O)[C@@H](OCc3ccc(OC)cc3)[C@@H]2OCc2ccc(OC)cc2)cc1. The molecule has 14 heteroatoms. The fraction of sp³-hybridized carbons (Fsp3) is 0.412. The zero-order valence-corrected chi connectivity index (χ0v) is 29.1. The maximum absolute atomic E-state index is 12.4. The van der Waals surface area contributed by atoms with Gasteiger partial charge in [0.25, 0.3) is 3.79 Å². The summed E-state index contributed by atoms with van der Waals surface area (Å²) in [4.78, 5) is 12.4. The predicted octanol–water partition coefficient (Wildman–Crippen LogP) is 6.42. The van der Waals surface area contributed by atoms with Crippen molar-refractivity contribution in [3.05, 3.63) is 89.5 Å². The first-order valence-electron chi connectivity index (χ1n) is 14.9. The van der Waals surface area contributed by atoms with Gasteiger partial charge in [0.2, 0.25) is 12.2 Å².